The van der Waals surface area contributed by atoms with Crippen molar-refractivity contribution in [1.82, 2.24) is 45.0 Å². The molecule has 0 saturated carbocycles. The zero-order chi connectivity index (χ0) is 27.3. The van der Waals surface area contributed by atoms with E-state index in [2.05, 4.69) is 40.8 Å². The fraction of sp³-hybridized carbons (Fsp3) is 0.348. The number of hydrogen-bond donors (Lipinski definition) is 2. The summed E-state index contributed by atoms with van der Waals surface area (Å²) in [6.07, 6.45) is -1.18. The van der Waals surface area contributed by atoms with Crippen molar-refractivity contribution in [2.75, 3.05) is 23.3 Å². The largest absolute Gasteiger partial charge is 0.433 e. The standard InChI is InChI=1S/C23H21F4N11O/c1-12-6-19(34-32-12)30-18-7-17(23(25,26)27)29-22(31-18)36-10-14-2-3-15(11-36)38(14)21(39)16-4-5-20(35-33-16)37-9-13(24)8-28-37/h4-9,14-15H,2-3,10-11H2,1H3,(H2,29,30,31,32,34). The van der Waals surface area contributed by atoms with Crippen LogP contribution in [0, 0.1) is 12.7 Å². The predicted octanol–water partition coefficient (Wildman–Crippen LogP) is 2.88. The number of aromatic amines is 1. The molecule has 39 heavy (non-hydrogen) atoms. The van der Waals surface area contributed by atoms with Crippen molar-refractivity contribution in [3.8, 4) is 5.82 Å². The number of amides is 1. The fourth-order valence-electron chi connectivity index (χ4n) is 4.92. The summed E-state index contributed by atoms with van der Waals surface area (Å²) in [5, 5.41) is 21.3. The van der Waals surface area contributed by atoms with E-state index in [-0.39, 0.29) is 54.4 Å². The van der Waals surface area contributed by atoms with Crippen LogP contribution in [0.5, 0.6) is 0 Å². The van der Waals surface area contributed by atoms with Crippen LogP contribution in [0.3, 0.4) is 0 Å². The van der Waals surface area contributed by atoms with Crippen LogP contribution in [0.1, 0.15) is 34.7 Å². The Hall–Kier alpha value is -4.63. The molecule has 0 aromatic carbocycles. The van der Waals surface area contributed by atoms with E-state index in [1.807, 2.05) is 0 Å². The van der Waals surface area contributed by atoms with Crippen LogP contribution >= 0.6 is 0 Å². The molecule has 6 rings (SSSR count). The monoisotopic (exact) mass is 543 g/mol. The number of piperazine rings is 1. The Morgan fingerprint density at radius 2 is 1.85 bits per heavy atom. The van der Waals surface area contributed by atoms with Gasteiger partial charge < -0.3 is 15.1 Å². The van der Waals surface area contributed by atoms with E-state index in [1.54, 1.807) is 22.8 Å². The van der Waals surface area contributed by atoms with Crippen LogP contribution in [-0.4, -0.2) is 76.1 Å². The molecule has 2 fully saturated rings. The van der Waals surface area contributed by atoms with Gasteiger partial charge in [0.1, 0.15) is 5.82 Å². The van der Waals surface area contributed by atoms with E-state index >= 15 is 0 Å². The molecule has 2 bridgehead atoms. The summed E-state index contributed by atoms with van der Waals surface area (Å²) >= 11 is 0. The van der Waals surface area contributed by atoms with Gasteiger partial charge in [-0.05, 0) is 31.9 Å². The molecular weight excluding hydrogens is 522 g/mol. The first kappa shape index (κ1) is 24.7. The van der Waals surface area contributed by atoms with Gasteiger partial charge >= 0.3 is 6.18 Å². The minimum Gasteiger partial charge on any atom is -0.337 e. The smallest absolute Gasteiger partial charge is 0.337 e. The first-order chi connectivity index (χ1) is 18.6. The number of carbonyl (C=O) groups is 1. The van der Waals surface area contributed by atoms with E-state index in [1.165, 1.54) is 16.8 Å². The molecule has 4 aromatic heterocycles. The quantitative estimate of drug-likeness (QED) is 0.365. The van der Waals surface area contributed by atoms with Crippen molar-refractivity contribution in [2.24, 2.45) is 0 Å². The minimum absolute atomic E-state index is 0.0443. The number of H-pyrrole nitrogens is 1. The van der Waals surface area contributed by atoms with E-state index in [0.717, 1.165) is 24.2 Å². The molecule has 2 atom stereocenters. The molecule has 2 N–H and O–H groups in total. The summed E-state index contributed by atoms with van der Waals surface area (Å²) in [6, 6.07) is 4.92. The number of hydrogen-bond acceptors (Lipinski definition) is 9. The van der Waals surface area contributed by atoms with Gasteiger partial charge in [0.05, 0.1) is 24.5 Å². The molecule has 1 amide bonds. The Morgan fingerprint density at radius 3 is 2.44 bits per heavy atom. The second-order valence-electron chi connectivity index (χ2n) is 9.38. The average molecular weight is 543 g/mol. The lowest BCUT2D eigenvalue weighted by Gasteiger charge is -2.41. The van der Waals surface area contributed by atoms with E-state index in [9.17, 15) is 22.4 Å². The van der Waals surface area contributed by atoms with Crippen molar-refractivity contribution in [2.45, 2.75) is 38.0 Å². The van der Waals surface area contributed by atoms with Gasteiger partial charge in [-0.2, -0.15) is 28.4 Å². The van der Waals surface area contributed by atoms with Gasteiger partial charge in [-0.3, -0.25) is 9.89 Å². The SMILES string of the molecule is Cc1cc(Nc2cc(C(F)(F)F)nc(N3CC4CCC(C3)N4C(=O)c3ccc(-n4cc(F)cn4)nn3)n2)n[nH]1. The first-order valence-corrected chi connectivity index (χ1v) is 12.0. The van der Waals surface area contributed by atoms with Crippen molar-refractivity contribution in [1.29, 1.82) is 0 Å². The lowest BCUT2D eigenvalue weighted by molar-refractivity contribution is -0.141. The Morgan fingerprint density at radius 1 is 1.08 bits per heavy atom. The Labute approximate surface area is 218 Å². The number of fused-ring (bicyclic) bond motifs is 2. The zero-order valence-electron chi connectivity index (χ0n) is 20.4. The number of halogens is 4. The summed E-state index contributed by atoms with van der Waals surface area (Å²) in [4.78, 5) is 24.8. The summed E-state index contributed by atoms with van der Waals surface area (Å²) in [5.74, 6) is -0.425. The summed E-state index contributed by atoms with van der Waals surface area (Å²) in [7, 11) is 0. The molecule has 2 aliphatic rings. The van der Waals surface area contributed by atoms with Crippen LogP contribution in [0.15, 0.2) is 36.7 Å². The van der Waals surface area contributed by atoms with Gasteiger partial charge in [-0.15, -0.1) is 10.2 Å². The molecule has 2 unspecified atom stereocenters. The Balaban J connectivity index is 1.22. The van der Waals surface area contributed by atoms with E-state index in [0.29, 0.717) is 18.7 Å². The van der Waals surface area contributed by atoms with Crippen molar-refractivity contribution in [3.63, 3.8) is 0 Å². The van der Waals surface area contributed by atoms with E-state index in [4.69, 9.17) is 0 Å². The van der Waals surface area contributed by atoms with Crippen molar-refractivity contribution >= 4 is 23.5 Å². The lowest BCUT2D eigenvalue weighted by Crippen LogP contribution is -2.56. The second-order valence-corrected chi connectivity index (χ2v) is 9.38. The van der Waals surface area contributed by atoms with Gasteiger partial charge in [0.2, 0.25) is 5.95 Å². The molecule has 12 nitrogen and oxygen atoms in total. The third-order valence-electron chi connectivity index (χ3n) is 6.62. The van der Waals surface area contributed by atoms with E-state index < -0.39 is 17.7 Å². The van der Waals surface area contributed by atoms with Crippen LogP contribution in [-0.2, 0) is 6.18 Å². The van der Waals surface area contributed by atoms with Gasteiger partial charge in [-0.1, -0.05) is 0 Å². The predicted molar refractivity (Wildman–Crippen MR) is 128 cm³/mol. The first-order valence-electron chi connectivity index (χ1n) is 12.0. The molecule has 6 heterocycles. The topological polar surface area (TPSA) is 134 Å². The van der Waals surface area contributed by atoms with Crippen LogP contribution < -0.4 is 10.2 Å². The maximum absolute atomic E-state index is 13.7. The highest BCUT2D eigenvalue weighted by atomic mass is 19.4. The number of rotatable bonds is 5. The highest BCUT2D eigenvalue weighted by Crippen LogP contribution is 2.35. The third kappa shape index (κ3) is 4.84. The maximum atomic E-state index is 13.7. The van der Waals surface area contributed by atoms with Crippen molar-refractivity contribution < 1.29 is 22.4 Å². The molecule has 202 valence electrons. The Kier molecular flexibility index (Phi) is 5.88. The third-order valence-corrected chi connectivity index (χ3v) is 6.62. The molecule has 0 spiro atoms. The number of aryl methyl sites for hydroxylation is 1. The molecule has 2 saturated heterocycles. The van der Waals surface area contributed by atoms with Crippen molar-refractivity contribution in [3.05, 3.63) is 59.6 Å². The number of anilines is 3. The number of nitrogens with zero attached hydrogens (tertiary/aromatic N) is 9. The fourth-order valence-corrected chi connectivity index (χ4v) is 4.92. The van der Waals surface area contributed by atoms with Gasteiger partial charge in [0, 0.05) is 30.9 Å². The average Bonchev–Trinajstić information content (AvgIpc) is 3.59. The van der Waals surface area contributed by atoms with Crippen LogP contribution in [0.2, 0.25) is 0 Å². The highest BCUT2D eigenvalue weighted by Gasteiger charge is 2.44. The number of nitrogens with one attached hydrogen (secondary N) is 2. The number of carbonyl (C=O) groups excluding carboxylic acids is 1. The zero-order valence-corrected chi connectivity index (χ0v) is 20.4. The molecule has 16 heteroatoms. The molecule has 2 aliphatic heterocycles. The van der Waals surface area contributed by atoms with Gasteiger partial charge in [0.25, 0.3) is 5.91 Å². The number of aromatic nitrogens is 8. The van der Waals surface area contributed by atoms with Gasteiger partial charge in [0.15, 0.2) is 28.8 Å². The molecule has 0 aliphatic carbocycles. The second kappa shape index (κ2) is 9.28. The maximum Gasteiger partial charge on any atom is 0.433 e. The highest BCUT2D eigenvalue weighted by molar-refractivity contribution is 5.93. The normalized spacial score (nSPS) is 19.0. The van der Waals surface area contributed by atoms with Crippen LogP contribution in [0.4, 0.5) is 35.1 Å². The Bertz CT molecular complexity index is 1500. The van der Waals surface area contributed by atoms with Gasteiger partial charge in [-0.25, -0.2) is 14.1 Å². The summed E-state index contributed by atoms with van der Waals surface area (Å²) < 4.78 is 55.4. The summed E-state index contributed by atoms with van der Waals surface area (Å²) in [6.45, 7) is 2.27. The minimum atomic E-state index is -4.68. The number of alkyl halides is 3. The summed E-state index contributed by atoms with van der Waals surface area (Å²) in [5.41, 5.74) is -0.247. The molecule has 4 aromatic rings. The lowest BCUT2D eigenvalue weighted by atomic mass is 10.1. The molecular formula is C23H21F4N11O. The van der Waals surface area contributed by atoms with Crippen LogP contribution in [0.25, 0.3) is 5.82 Å². The molecule has 0 radical (unpaired) electrons.